The molecule has 1 heterocycles. The van der Waals surface area contributed by atoms with Crippen molar-refractivity contribution in [3.63, 3.8) is 0 Å². The van der Waals surface area contributed by atoms with Gasteiger partial charge in [0.1, 0.15) is 6.07 Å². The van der Waals surface area contributed by atoms with Crippen LogP contribution in [0.2, 0.25) is 0 Å². The monoisotopic (exact) mass is 210 g/mol. The molecule has 1 aromatic rings. The third-order valence-electron chi connectivity index (χ3n) is 1.24. The molecule has 0 atom stereocenters. The molecule has 0 aliphatic heterocycles. The van der Waals surface area contributed by atoms with Crippen LogP contribution in [-0.4, -0.2) is 31.8 Å². The van der Waals surface area contributed by atoms with Gasteiger partial charge in [-0.15, -0.1) is 5.10 Å². The third-order valence-corrected chi connectivity index (χ3v) is 1.24. The van der Waals surface area contributed by atoms with E-state index < -0.39 is 11.6 Å². The van der Waals surface area contributed by atoms with Crippen LogP contribution in [0.15, 0.2) is 17.5 Å². The van der Waals surface area contributed by atoms with Gasteiger partial charge in [0.2, 0.25) is 5.71 Å². The molecule has 8 nitrogen and oxygen atoms in total. The Morgan fingerprint density at radius 1 is 1.80 bits per heavy atom. The maximum absolute atomic E-state index is 9.87. The molecule has 80 valence electrons. The van der Waals surface area contributed by atoms with E-state index in [1.165, 1.54) is 6.07 Å². The van der Waals surface area contributed by atoms with Crippen LogP contribution in [0, 0.1) is 11.3 Å². The molecule has 0 bridgehead atoms. The summed E-state index contributed by atoms with van der Waals surface area (Å²) >= 11 is 0. The number of hydrogen-bond donors (Lipinski definition) is 2. The van der Waals surface area contributed by atoms with E-state index in [0.717, 1.165) is 6.54 Å². The smallest absolute Gasteiger partial charge is 0.281 e. The van der Waals surface area contributed by atoms with Crippen molar-refractivity contribution in [1.82, 2.24) is 15.0 Å². The number of aryl methyl sites for hydroxylation is 1. The standard InChI is InChI=1S/C4H7N3.C3H3N3O2/c1-2-7-4-3-5-6-7;4-1-2(6-8)3(5)7/h3-4H,2H2,1H3;8H,(H2,5,7). The Balaban J connectivity index is 0.000000262. The zero-order chi connectivity index (χ0) is 11.7. The van der Waals surface area contributed by atoms with E-state index in [1.54, 1.807) is 10.9 Å². The minimum atomic E-state index is -1.03. The van der Waals surface area contributed by atoms with Gasteiger partial charge in [-0.3, -0.25) is 9.48 Å². The molecule has 1 amide bonds. The number of oxime groups is 1. The van der Waals surface area contributed by atoms with Crippen LogP contribution >= 0.6 is 0 Å². The first-order chi connectivity index (χ1) is 7.15. The average Bonchev–Trinajstić information content (AvgIpc) is 2.72. The number of hydrogen-bond acceptors (Lipinski definition) is 6. The number of nitriles is 1. The molecule has 0 radical (unpaired) electrons. The summed E-state index contributed by atoms with van der Waals surface area (Å²) < 4.78 is 1.76. The summed E-state index contributed by atoms with van der Waals surface area (Å²) in [6.07, 6.45) is 3.50. The van der Waals surface area contributed by atoms with Crippen molar-refractivity contribution in [1.29, 1.82) is 5.26 Å². The van der Waals surface area contributed by atoms with Gasteiger partial charge in [0.25, 0.3) is 5.91 Å². The molecule has 3 N–H and O–H groups in total. The van der Waals surface area contributed by atoms with E-state index in [0.29, 0.717) is 0 Å². The zero-order valence-corrected chi connectivity index (χ0v) is 8.03. The minimum absolute atomic E-state index is 0.690. The lowest BCUT2D eigenvalue weighted by molar-refractivity contribution is -0.112. The molecule has 0 saturated carbocycles. The maximum Gasteiger partial charge on any atom is 0.281 e. The van der Waals surface area contributed by atoms with Crippen LogP contribution in [-0.2, 0) is 11.3 Å². The number of rotatable bonds is 2. The second kappa shape index (κ2) is 7.02. The third kappa shape index (κ3) is 4.99. The number of primary amides is 1. The van der Waals surface area contributed by atoms with Crippen molar-refractivity contribution in [3.05, 3.63) is 12.4 Å². The van der Waals surface area contributed by atoms with Crippen molar-refractivity contribution in [2.45, 2.75) is 13.5 Å². The number of amides is 1. The Bertz CT molecular complexity index is 363. The van der Waals surface area contributed by atoms with Gasteiger partial charge >= 0.3 is 0 Å². The van der Waals surface area contributed by atoms with Crippen LogP contribution in [0.3, 0.4) is 0 Å². The van der Waals surface area contributed by atoms with Crippen LogP contribution in [0.25, 0.3) is 0 Å². The molecule has 1 aromatic heterocycles. The number of aromatic nitrogens is 3. The first-order valence-corrected chi connectivity index (χ1v) is 3.91. The number of carbonyl (C=O) groups is 1. The minimum Gasteiger partial charge on any atom is -0.410 e. The fourth-order valence-electron chi connectivity index (χ4n) is 0.528. The molecule has 0 aromatic carbocycles. The number of nitrogens with zero attached hydrogens (tertiary/aromatic N) is 5. The van der Waals surface area contributed by atoms with Gasteiger partial charge in [-0.1, -0.05) is 10.4 Å². The summed E-state index contributed by atoms with van der Waals surface area (Å²) in [6, 6.07) is 1.28. The van der Waals surface area contributed by atoms with Crippen molar-refractivity contribution in [2.24, 2.45) is 10.9 Å². The summed E-state index contributed by atoms with van der Waals surface area (Å²) in [7, 11) is 0. The fourth-order valence-corrected chi connectivity index (χ4v) is 0.528. The Morgan fingerprint density at radius 3 is 2.60 bits per heavy atom. The normalized spacial score (nSPS) is 9.73. The topological polar surface area (TPSA) is 130 Å². The molecule has 0 aliphatic carbocycles. The Morgan fingerprint density at radius 2 is 2.47 bits per heavy atom. The Hall–Kier alpha value is -2.43. The highest BCUT2D eigenvalue weighted by Crippen LogP contribution is 1.75. The lowest BCUT2D eigenvalue weighted by Gasteiger charge is -1.85. The van der Waals surface area contributed by atoms with E-state index >= 15 is 0 Å². The highest BCUT2D eigenvalue weighted by Gasteiger charge is 2.02. The molecule has 8 heteroatoms. The fraction of sp³-hybridized carbons (Fsp3) is 0.286. The molecule has 0 unspecified atom stereocenters. The molecule has 0 saturated heterocycles. The van der Waals surface area contributed by atoms with Gasteiger partial charge in [0.05, 0.1) is 6.20 Å². The second-order valence-corrected chi connectivity index (χ2v) is 2.18. The largest absolute Gasteiger partial charge is 0.410 e. The first-order valence-electron chi connectivity index (χ1n) is 3.91. The molecule has 0 aliphatic rings. The molecule has 0 fully saturated rings. The number of carbonyl (C=O) groups excluding carboxylic acids is 1. The maximum atomic E-state index is 9.87. The van der Waals surface area contributed by atoms with Crippen molar-refractivity contribution in [3.8, 4) is 6.07 Å². The summed E-state index contributed by atoms with van der Waals surface area (Å²) in [6.45, 7) is 2.93. The average molecular weight is 210 g/mol. The number of nitrogens with two attached hydrogens (primary N) is 1. The summed E-state index contributed by atoms with van der Waals surface area (Å²) in [5.74, 6) is -1.03. The van der Waals surface area contributed by atoms with Crippen LogP contribution in [0.4, 0.5) is 0 Å². The molecule has 1 rings (SSSR count). The highest BCUT2D eigenvalue weighted by atomic mass is 16.4. The second-order valence-electron chi connectivity index (χ2n) is 2.18. The SMILES string of the molecule is CCn1ccnn1.N#CC(=NO)C(N)=O. The van der Waals surface area contributed by atoms with E-state index in [4.69, 9.17) is 10.5 Å². The Labute approximate surface area is 85.6 Å². The molecule has 0 spiro atoms. The van der Waals surface area contributed by atoms with Crippen molar-refractivity contribution < 1.29 is 10.0 Å². The molecular formula is C7H10N6O2. The van der Waals surface area contributed by atoms with E-state index in [9.17, 15) is 4.79 Å². The lowest BCUT2D eigenvalue weighted by atomic mass is 10.4. The van der Waals surface area contributed by atoms with E-state index in [-0.39, 0.29) is 0 Å². The molecular weight excluding hydrogens is 200 g/mol. The van der Waals surface area contributed by atoms with E-state index in [1.807, 2.05) is 13.1 Å². The first kappa shape index (κ1) is 12.6. The highest BCUT2D eigenvalue weighted by molar-refractivity contribution is 6.44. The van der Waals surface area contributed by atoms with Gasteiger partial charge < -0.3 is 10.9 Å². The van der Waals surface area contributed by atoms with Gasteiger partial charge in [-0.25, -0.2) is 0 Å². The van der Waals surface area contributed by atoms with Crippen molar-refractivity contribution in [2.75, 3.05) is 0 Å². The zero-order valence-electron chi connectivity index (χ0n) is 8.03. The predicted octanol–water partition coefficient (Wildman–Crippen LogP) is -0.877. The van der Waals surface area contributed by atoms with Crippen molar-refractivity contribution >= 4 is 11.6 Å². The summed E-state index contributed by atoms with van der Waals surface area (Å²) in [4.78, 5) is 9.87. The van der Waals surface area contributed by atoms with Crippen LogP contribution < -0.4 is 5.73 Å². The summed E-state index contributed by atoms with van der Waals surface area (Å²) in [5, 5.41) is 25.2. The van der Waals surface area contributed by atoms with Gasteiger partial charge in [-0.2, -0.15) is 5.26 Å². The quantitative estimate of drug-likeness (QED) is 0.372. The Kier molecular flexibility index (Phi) is 5.88. The summed E-state index contributed by atoms with van der Waals surface area (Å²) in [5.41, 5.74) is 3.82. The van der Waals surface area contributed by atoms with Crippen LogP contribution in [0.5, 0.6) is 0 Å². The lowest BCUT2D eigenvalue weighted by Crippen LogP contribution is -2.21. The molecule has 15 heavy (non-hydrogen) atoms. The van der Waals surface area contributed by atoms with Gasteiger partial charge in [0.15, 0.2) is 0 Å². The van der Waals surface area contributed by atoms with E-state index in [2.05, 4.69) is 21.2 Å². The van der Waals surface area contributed by atoms with Gasteiger partial charge in [-0.05, 0) is 6.92 Å². The van der Waals surface area contributed by atoms with Crippen LogP contribution in [0.1, 0.15) is 6.92 Å². The van der Waals surface area contributed by atoms with Gasteiger partial charge in [0, 0.05) is 12.7 Å². The predicted molar refractivity (Wildman–Crippen MR) is 49.7 cm³/mol.